The van der Waals surface area contributed by atoms with Gasteiger partial charge in [0.15, 0.2) is 0 Å². The summed E-state index contributed by atoms with van der Waals surface area (Å²) in [6.07, 6.45) is -0.201. The molecular formula is C8H13NO3. The van der Waals surface area contributed by atoms with E-state index >= 15 is 0 Å². The van der Waals surface area contributed by atoms with Gasteiger partial charge in [0.2, 0.25) is 0 Å². The summed E-state index contributed by atoms with van der Waals surface area (Å²) in [4.78, 5) is 13.1. The number of ether oxygens (including phenoxy) is 2. The molecule has 2 rings (SSSR count). The second-order valence-corrected chi connectivity index (χ2v) is 3.74. The van der Waals surface area contributed by atoms with Crippen molar-refractivity contribution in [3.63, 3.8) is 0 Å². The van der Waals surface area contributed by atoms with Crippen molar-refractivity contribution in [3.05, 3.63) is 0 Å². The van der Waals surface area contributed by atoms with Crippen molar-refractivity contribution in [1.29, 1.82) is 0 Å². The van der Waals surface area contributed by atoms with Crippen LogP contribution in [0, 0.1) is 0 Å². The number of carbonyl (C=O) groups is 1. The number of hydrogen-bond acceptors (Lipinski definition) is 3. The average molecular weight is 171 g/mol. The van der Waals surface area contributed by atoms with Gasteiger partial charge in [0.1, 0.15) is 12.1 Å². The third-order valence-corrected chi connectivity index (χ3v) is 2.43. The lowest BCUT2D eigenvalue weighted by Gasteiger charge is -2.43. The third-order valence-electron chi connectivity index (χ3n) is 2.43. The van der Waals surface area contributed by atoms with E-state index in [1.807, 2.05) is 13.8 Å². The van der Waals surface area contributed by atoms with E-state index in [1.54, 1.807) is 4.90 Å². The monoisotopic (exact) mass is 171 g/mol. The Morgan fingerprint density at radius 1 is 1.42 bits per heavy atom. The molecule has 0 saturated carbocycles. The van der Waals surface area contributed by atoms with Gasteiger partial charge in [-0.2, -0.15) is 0 Å². The van der Waals surface area contributed by atoms with Gasteiger partial charge >= 0.3 is 6.09 Å². The number of nitrogens with zero attached hydrogens (tertiary/aromatic N) is 1. The molecule has 0 unspecified atom stereocenters. The Bertz CT molecular complexity index is 210. The fourth-order valence-corrected chi connectivity index (χ4v) is 1.85. The Morgan fingerprint density at radius 3 is 2.42 bits per heavy atom. The molecule has 2 aliphatic heterocycles. The van der Waals surface area contributed by atoms with Crippen molar-refractivity contribution >= 4 is 6.09 Å². The zero-order valence-electron chi connectivity index (χ0n) is 7.37. The highest BCUT2D eigenvalue weighted by Gasteiger charge is 2.53. The van der Waals surface area contributed by atoms with Crippen LogP contribution in [0.2, 0.25) is 0 Å². The Labute approximate surface area is 71.4 Å². The van der Waals surface area contributed by atoms with E-state index in [4.69, 9.17) is 9.47 Å². The number of carbonyl (C=O) groups excluding carboxylic acids is 1. The minimum atomic E-state index is -0.201. The van der Waals surface area contributed by atoms with Gasteiger partial charge in [-0.1, -0.05) is 0 Å². The zero-order chi connectivity index (χ0) is 8.77. The average Bonchev–Trinajstić information content (AvgIpc) is 2.25. The molecule has 0 N–H and O–H groups in total. The van der Waals surface area contributed by atoms with Crippen LogP contribution in [0.5, 0.6) is 0 Å². The molecule has 2 saturated heterocycles. The molecule has 2 aliphatic rings. The Hall–Kier alpha value is -0.770. The molecule has 0 atom stereocenters. The quantitative estimate of drug-likeness (QED) is 0.580. The van der Waals surface area contributed by atoms with Gasteiger partial charge < -0.3 is 9.47 Å². The van der Waals surface area contributed by atoms with Crippen LogP contribution in [-0.2, 0) is 9.47 Å². The summed E-state index contributed by atoms with van der Waals surface area (Å²) in [6.45, 7) is 5.72. The van der Waals surface area contributed by atoms with E-state index in [-0.39, 0.29) is 17.7 Å². The molecule has 12 heavy (non-hydrogen) atoms. The highest BCUT2D eigenvalue weighted by molar-refractivity contribution is 5.72. The van der Waals surface area contributed by atoms with Crippen LogP contribution in [-0.4, -0.2) is 42.4 Å². The fourth-order valence-electron chi connectivity index (χ4n) is 1.85. The van der Waals surface area contributed by atoms with Gasteiger partial charge in [-0.3, -0.25) is 4.90 Å². The van der Waals surface area contributed by atoms with Crippen molar-refractivity contribution in [2.45, 2.75) is 25.4 Å². The lowest BCUT2D eigenvalue weighted by atomic mass is 9.96. The van der Waals surface area contributed by atoms with Crippen molar-refractivity contribution < 1.29 is 14.3 Å². The first-order valence-electron chi connectivity index (χ1n) is 4.20. The number of rotatable bonds is 1. The summed E-state index contributed by atoms with van der Waals surface area (Å²) in [7, 11) is 0. The van der Waals surface area contributed by atoms with Gasteiger partial charge in [-0.25, -0.2) is 4.79 Å². The second kappa shape index (κ2) is 2.36. The maximum absolute atomic E-state index is 11.3. The van der Waals surface area contributed by atoms with Crippen molar-refractivity contribution in [2.75, 3.05) is 19.8 Å². The normalized spacial score (nSPS) is 26.2. The fraction of sp³-hybridized carbons (Fsp3) is 0.875. The van der Waals surface area contributed by atoms with Crippen molar-refractivity contribution in [3.8, 4) is 0 Å². The topological polar surface area (TPSA) is 38.8 Å². The van der Waals surface area contributed by atoms with Crippen LogP contribution in [0.4, 0.5) is 4.79 Å². The highest BCUT2D eigenvalue weighted by atomic mass is 16.6. The van der Waals surface area contributed by atoms with Crippen molar-refractivity contribution in [2.24, 2.45) is 0 Å². The summed E-state index contributed by atoms with van der Waals surface area (Å²) in [5, 5.41) is 0. The highest BCUT2D eigenvalue weighted by Crippen LogP contribution is 2.33. The van der Waals surface area contributed by atoms with Crippen LogP contribution in [0.15, 0.2) is 0 Å². The maximum Gasteiger partial charge on any atom is 0.410 e. The molecule has 2 heterocycles. The van der Waals surface area contributed by atoms with Crippen LogP contribution in [0.1, 0.15) is 13.8 Å². The van der Waals surface area contributed by atoms with Gasteiger partial charge in [-0.15, -0.1) is 0 Å². The molecule has 4 heteroatoms. The van der Waals surface area contributed by atoms with E-state index in [2.05, 4.69) is 0 Å². The van der Waals surface area contributed by atoms with E-state index in [0.717, 1.165) is 0 Å². The molecule has 0 aromatic carbocycles. The summed E-state index contributed by atoms with van der Waals surface area (Å²) < 4.78 is 10.1. The molecule has 2 fully saturated rings. The maximum atomic E-state index is 11.3. The minimum absolute atomic E-state index is 0.134. The molecule has 0 bridgehead atoms. The van der Waals surface area contributed by atoms with Crippen molar-refractivity contribution in [1.82, 2.24) is 4.90 Å². The smallest absolute Gasteiger partial charge is 0.410 e. The summed E-state index contributed by atoms with van der Waals surface area (Å²) in [5.74, 6) is 0. The molecular weight excluding hydrogens is 158 g/mol. The first-order chi connectivity index (χ1) is 5.66. The molecule has 0 aliphatic carbocycles. The summed E-state index contributed by atoms with van der Waals surface area (Å²) in [6, 6.07) is 0.198. The zero-order valence-corrected chi connectivity index (χ0v) is 7.37. The molecule has 4 nitrogen and oxygen atoms in total. The second-order valence-electron chi connectivity index (χ2n) is 3.74. The molecule has 1 amide bonds. The third kappa shape index (κ3) is 0.843. The number of amides is 1. The largest absolute Gasteiger partial charge is 0.447 e. The molecule has 1 spiro atoms. The SMILES string of the molecule is CC(C)N1C(=O)OCC12COC2. The summed E-state index contributed by atoms with van der Waals surface area (Å²) >= 11 is 0. The van der Waals surface area contributed by atoms with Gasteiger partial charge in [-0.05, 0) is 13.8 Å². The predicted molar refractivity (Wildman–Crippen MR) is 41.9 cm³/mol. The minimum Gasteiger partial charge on any atom is -0.447 e. The van der Waals surface area contributed by atoms with E-state index in [9.17, 15) is 4.79 Å². The standard InChI is InChI=1S/C8H13NO3/c1-6(2)9-7(10)12-5-8(9)3-11-4-8/h6H,3-5H2,1-2H3. The number of hydrogen-bond donors (Lipinski definition) is 0. The Balaban J connectivity index is 2.19. The van der Waals surface area contributed by atoms with E-state index in [1.165, 1.54) is 0 Å². The lowest BCUT2D eigenvalue weighted by Crippen LogP contribution is -2.63. The molecule has 0 radical (unpaired) electrons. The molecule has 0 aromatic rings. The van der Waals surface area contributed by atoms with Crippen LogP contribution in [0.3, 0.4) is 0 Å². The summed E-state index contributed by atoms with van der Waals surface area (Å²) in [5.41, 5.74) is -0.134. The Kier molecular flexibility index (Phi) is 1.54. The lowest BCUT2D eigenvalue weighted by molar-refractivity contribution is -0.118. The number of cyclic esters (lactones) is 1. The van der Waals surface area contributed by atoms with Crippen LogP contribution < -0.4 is 0 Å². The van der Waals surface area contributed by atoms with Gasteiger partial charge in [0.25, 0.3) is 0 Å². The van der Waals surface area contributed by atoms with Crippen LogP contribution >= 0.6 is 0 Å². The van der Waals surface area contributed by atoms with E-state index < -0.39 is 0 Å². The first-order valence-corrected chi connectivity index (χ1v) is 4.20. The Morgan fingerprint density at radius 2 is 2.08 bits per heavy atom. The predicted octanol–water partition coefficient (Wildman–Crippen LogP) is 0.616. The van der Waals surface area contributed by atoms with Crippen LogP contribution in [0.25, 0.3) is 0 Å². The van der Waals surface area contributed by atoms with Gasteiger partial charge in [0, 0.05) is 6.04 Å². The molecule has 0 aromatic heterocycles. The first kappa shape index (κ1) is 7.86. The molecule has 68 valence electrons. The van der Waals surface area contributed by atoms with E-state index in [0.29, 0.717) is 19.8 Å². The van der Waals surface area contributed by atoms with Gasteiger partial charge in [0.05, 0.1) is 13.2 Å².